The molecule has 5 aromatic rings. The van der Waals surface area contributed by atoms with Gasteiger partial charge in [-0.25, -0.2) is 9.97 Å². The van der Waals surface area contributed by atoms with Gasteiger partial charge in [-0.05, 0) is 47.2 Å². The fourth-order valence-electron chi connectivity index (χ4n) is 4.12. The number of hydrogen-bond acceptors (Lipinski definition) is 6. The molecule has 0 aliphatic rings. The molecule has 2 heterocycles. The van der Waals surface area contributed by atoms with Crippen LogP contribution < -0.4 is 10.6 Å². The van der Waals surface area contributed by atoms with Gasteiger partial charge in [0.05, 0.1) is 11.4 Å². The fourth-order valence-corrected chi connectivity index (χ4v) is 5.55. The van der Waals surface area contributed by atoms with Crippen LogP contribution in [-0.2, 0) is 0 Å². The van der Waals surface area contributed by atoms with E-state index in [0.29, 0.717) is 33.2 Å². The first-order valence-corrected chi connectivity index (χ1v) is 14.9. The Morgan fingerprint density at radius 2 is 0.925 bits per heavy atom. The minimum atomic E-state index is -0.281. The van der Waals surface area contributed by atoms with Crippen molar-refractivity contribution in [3.63, 3.8) is 0 Å². The van der Waals surface area contributed by atoms with E-state index in [-0.39, 0.29) is 11.8 Å². The van der Waals surface area contributed by atoms with E-state index >= 15 is 0 Å². The minimum Gasteiger partial charge on any atom is -0.298 e. The Labute approximate surface area is 242 Å². The van der Waals surface area contributed by atoms with Crippen LogP contribution in [0.4, 0.5) is 10.3 Å². The van der Waals surface area contributed by atoms with Crippen molar-refractivity contribution in [1.29, 1.82) is 0 Å². The Hall–Kier alpha value is -4.14. The number of nitrogens with one attached hydrogen (secondary N) is 2. The number of carbonyl (C=O) groups excluding carboxylic acids is 2. The number of amides is 2. The molecule has 8 heteroatoms. The summed E-state index contributed by atoms with van der Waals surface area (Å²) >= 11 is 2.75. The highest BCUT2D eigenvalue weighted by Gasteiger charge is 2.14. The first kappa shape index (κ1) is 27.4. The Morgan fingerprint density at radius 3 is 1.25 bits per heavy atom. The number of thiazole rings is 2. The van der Waals surface area contributed by atoms with Gasteiger partial charge in [0.2, 0.25) is 0 Å². The quantitative estimate of drug-likeness (QED) is 0.197. The van der Waals surface area contributed by atoms with E-state index in [1.54, 1.807) is 24.3 Å². The number of nitrogens with zero attached hydrogens (tertiary/aromatic N) is 2. The number of rotatable bonds is 8. The molecule has 0 spiro atoms. The number of hydrogen-bond donors (Lipinski definition) is 2. The van der Waals surface area contributed by atoms with Crippen molar-refractivity contribution in [2.75, 3.05) is 10.6 Å². The van der Waals surface area contributed by atoms with Gasteiger partial charge >= 0.3 is 0 Å². The van der Waals surface area contributed by atoms with Gasteiger partial charge in [0.25, 0.3) is 11.8 Å². The van der Waals surface area contributed by atoms with Crippen molar-refractivity contribution < 1.29 is 9.59 Å². The summed E-state index contributed by atoms with van der Waals surface area (Å²) in [6.07, 6.45) is 0. The molecule has 40 heavy (non-hydrogen) atoms. The van der Waals surface area contributed by atoms with Crippen LogP contribution in [0, 0.1) is 0 Å². The molecular formula is C32H30N4O2S2. The monoisotopic (exact) mass is 566 g/mol. The minimum absolute atomic E-state index is 0.281. The highest BCUT2D eigenvalue weighted by atomic mass is 32.1. The molecule has 0 radical (unpaired) electrons. The third-order valence-corrected chi connectivity index (χ3v) is 8.12. The summed E-state index contributed by atoms with van der Waals surface area (Å²) in [7, 11) is 0. The highest BCUT2D eigenvalue weighted by Crippen LogP contribution is 2.28. The van der Waals surface area contributed by atoms with Crippen molar-refractivity contribution in [3.05, 3.63) is 106 Å². The van der Waals surface area contributed by atoms with E-state index in [0.717, 1.165) is 22.5 Å². The van der Waals surface area contributed by atoms with E-state index in [2.05, 4.69) is 96.8 Å². The van der Waals surface area contributed by atoms with E-state index in [1.165, 1.54) is 33.8 Å². The molecule has 5 rings (SSSR count). The summed E-state index contributed by atoms with van der Waals surface area (Å²) in [5.74, 6) is 0.372. The highest BCUT2D eigenvalue weighted by molar-refractivity contribution is 7.14. The van der Waals surface area contributed by atoms with Gasteiger partial charge in [-0.1, -0.05) is 76.2 Å². The Morgan fingerprint density at radius 1 is 0.575 bits per heavy atom. The normalized spacial score (nSPS) is 11.2. The van der Waals surface area contributed by atoms with Crippen LogP contribution in [-0.4, -0.2) is 21.8 Å². The summed E-state index contributed by atoms with van der Waals surface area (Å²) in [6.45, 7) is 8.65. The molecule has 0 saturated heterocycles. The van der Waals surface area contributed by atoms with Crippen LogP contribution in [0.15, 0.2) is 83.6 Å². The molecule has 0 bridgehead atoms. The van der Waals surface area contributed by atoms with E-state index in [1.807, 2.05) is 10.8 Å². The molecule has 6 nitrogen and oxygen atoms in total. The van der Waals surface area contributed by atoms with Gasteiger partial charge in [-0.3, -0.25) is 20.2 Å². The topological polar surface area (TPSA) is 84.0 Å². The average Bonchev–Trinajstić information content (AvgIpc) is 3.63. The smallest absolute Gasteiger partial charge is 0.257 e. The molecule has 0 atom stereocenters. The predicted octanol–water partition coefficient (Wildman–Crippen LogP) is 8.69. The van der Waals surface area contributed by atoms with Crippen molar-refractivity contribution >= 4 is 44.8 Å². The molecule has 0 aliphatic heterocycles. The lowest BCUT2D eigenvalue weighted by Crippen LogP contribution is -2.14. The van der Waals surface area contributed by atoms with E-state index in [4.69, 9.17) is 0 Å². The SMILES string of the molecule is CC(C)c1ccc(-c2csc(NC(=O)c3ccc(C(=O)Nc4nc(-c5ccc(C(C)C)cc5)cs4)cc3)n2)cc1. The lowest BCUT2D eigenvalue weighted by Gasteiger charge is -2.06. The zero-order chi connectivity index (χ0) is 28.2. The number of benzene rings is 3. The van der Waals surface area contributed by atoms with Gasteiger partial charge < -0.3 is 0 Å². The van der Waals surface area contributed by atoms with Crippen LogP contribution in [0.5, 0.6) is 0 Å². The van der Waals surface area contributed by atoms with Crippen molar-refractivity contribution in [3.8, 4) is 22.5 Å². The standard InChI is InChI=1S/C32H30N4O2S2/c1-19(2)21-5-9-23(10-6-21)27-17-39-31(33-27)35-29(37)25-13-15-26(16-14-25)30(38)36-32-34-28(18-40-32)24-11-7-22(8-12-24)20(3)4/h5-20H,1-4H3,(H,33,35,37)(H,34,36,38). The molecule has 202 valence electrons. The number of aromatic nitrogens is 2. The Bertz CT molecular complexity index is 1490. The Kier molecular flexibility index (Phi) is 8.19. The summed E-state index contributed by atoms with van der Waals surface area (Å²) in [5, 5.41) is 10.6. The van der Waals surface area contributed by atoms with Gasteiger partial charge in [0.1, 0.15) is 0 Å². The van der Waals surface area contributed by atoms with Crippen LogP contribution in [0.2, 0.25) is 0 Å². The molecule has 2 amide bonds. The average molecular weight is 567 g/mol. The maximum Gasteiger partial charge on any atom is 0.257 e. The first-order valence-electron chi connectivity index (χ1n) is 13.1. The van der Waals surface area contributed by atoms with Gasteiger partial charge in [-0.15, -0.1) is 22.7 Å². The maximum atomic E-state index is 12.8. The second-order valence-corrected chi connectivity index (χ2v) is 11.8. The zero-order valence-corrected chi connectivity index (χ0v) is 24.4. The third kappa shape index (κ3) is 6.35. The molecular weight excluding hydrogens is 537 g/mol. The van der Waals surface area contributed by atoms with Crippen molar-refractivity contribution in [1.82, 2.24) is 9.97 Å². The van der Waals surface area contributed by atoms with Crippen LogP contribution in [0.25, 0.3) is 22.5 Å². The fraction of sp³-hybridized carbons (Fsp3) is 0.188. The van der Waals surface area contributed by atoms with Crippen LogP contribution >= 0.6 is 22.7 Å². The summed E-state index contributed by atoms with van der Waals surface area (Å²) in [6, 6.07) is 23.2. The van der Waals surface area contributed by atoms with Crippen LogP contribution in [0.1, 0.15) is 71.4 Å². The predicted molar refractivity (Wildman–Crippen MR) is 166 cm³/mol. The molecule has 2 N–H and O–H groups in total. The third-order valence-electron chi connectivity index (χ3n) is 6.60. The Balaban J connectivity index is 1.18. The number of anilines is 2. The van der Waals surface area contributed by atoms with Crippen LogP contribution in [0.3, 0.4) is 0 Å². The number of carbonyl (C=O) groups is 2. The molecule has 0 saturated carbocycles. The largest absolute Gasteiger partial charge is 0.298 e. The maximum absolute atomic E-state index is 12.8. The second-order valence-electron chi connectivity index (χ2n) is 10.1. The molecule has 2 aromatic heterocycles. The molecule has 0 unspecified atom stereocenters. The molecule has 0 fully saturated rings. The van der Waals surface area contributed by atoms with E-state index in [9.17, 15) is 9.59 Å². The lowest BCUT2D eigenvalue weighted by atomic mass is 10.0. The second kappa shape index (κ2) is 11.9. The van der Waals surface area contributed by atoms with Gasteiger partial charge in [0, 0.05) is 33.0 Å². The van der Waals surface area contributed by atoms with Crippen molar-refractivity contribution in [2.24, 2.45) is 0 Å². The lowest BCUT2D eigenvalue weighted by molar-refractivity contribution is 0.101. The van der Waals surface area contributed by atoms with Gasteiger partial charge in [-0.2, -0.15) is 0 Å². The summed E-state index contributed by atoms with van der Waals surface area (Å²) in [4.78, 5) is 34.7. The first-order chi connectivity index (χ1) is 19.3. The zero-order valence-electron chi connectivity index (χ0n) is 22.8. The molecule has 0 aliphatic carbocycles. The van der Waals surface area contributed by atoms with Crippen molar-refractivity contribution in [2.45, 2.75) is 39.5 Å². The molecule has 3 aromatic carbocycles. The summed E-state index contributed by atoms with van der Waals surface area (Å²) < 4.78 is 0. The van der Waals surface area contributed by atoms with E-state index < -0.39 is 0 Å². The summed E-state index contributed by atoms with van der Waals surface area (Å²) in [5.41, 5.74) is 7.08. The van der Waals surface area contributed by atoms with Gasteiger partial charge in [0.15, 0.2) is 10.3 Å².